The molecule has 32 heavy (non-hydrogen) atoms. The van der Waals surface area contributed by atoms with Crippen molar-refractivity contribution in [1.29, 1.82) is 0 Å². The Morgan fingerprint density at radius 3 is 2.41 bits per heavy atom. The van der Waals surface area contributed by atoms with Crippen LogP contribution in [-0.2, 0) is 0 Å². The van der Waals surface area contributed by atoms with Gasteiger partial charge in [-0.05, 0) is 53.9 Å². The molecule has 0 radical (unpaired) electrons. The van der Waals surface area contributed by atoms with Crippen molar-refractivity contribution < 1.29 is 13.2 Å². The maximum atomic E-state index is 15.5. The van der Waals surface area contributed by atoms with Crippen molar-refractivity contribution in [2.45, 2.75) is 24.7 Å². The van der Waals surface area contributed by atoms with Gasteiger partial charge in [0, 0.05) is 17.7 Å². The van der Waals surface area contributed by atoms with Crippen molar-refractivity contribution in [3.63, 3.8) is 0 Å². The molecule has 0 aliphatic heterocycles. The lowest BCUT2D eigenvalue weighted by Gasteiger charge is -2.11. The number of aromatic nitrogens is 3. The second-order valence-corrected chi connectivity index (χ2v) is 9.20. The third-order valence-corrected chi connectivity index (χ3v) is 6.91. The number of hydrogen-bond acceptors (Lipinski definition) is 6. The van der Waals surface area contributed by atoms with E-state index in [1.807, 2.05) is 13.8 Å². The van der Waals surface area contributed by atoms with Crippen LogP contribution in [0.4, 0.5) is 18.9 Å². The standard InChI is InChI=1S/C22H16ClF3N4S2/c1-11(2)21-29-18(20(31-21)16-9-10-27-22(23)28-16)12-5-3-8-15(17(12)26)30-32-19-13(24)6-4-7-14(19)25/h3-11,30H,1-2H3. The third-order valence-electron chi connectivity index (χ3n) is 4.43. The van der Waals surface area contributed by atoms with Gasteiger partial charge in [0.15, 0.2) is 5.82 Å². The van der Waals surface area contributed by atoms with Crippen LogP contribution >= 0.6 is 34.9 Å². The highest BCUT2D eigenvalue weighted by Gasteiger charge is 2.22. The van der Waals surface area contributed by atoms with Crippen LogP contribution in [0.25, 0.3) is 21.8 Å². The molecule has 0 unspecified atom stereocenters. The quantitative estimate of drug-likeness (QED) is 0.222. The second kappa shape index (κ2) is 9.48. The summed E-state index contributed by atoms with van der Waals surface area (Å²) in [4.78, 5) is 13.2. The van der Waals surface area contributed by atoms with Crippen LogP contribution in [0.3, 0.4) is 0 Å². The topological polar surface area (TPSA) is 50.7 Å². The molecule has 0 amide bonds. The zero-order valence-electron chi connectivity index (χ0n) is 16.9. The SMILES string of the molecule is CC(C)c1nc(-c2cccc(NSc3c(F)cccc3F)c2F)c(-c2ccnc(Cl)n2)s1. The van der Waals surface area contributed by atoms with E-state index >= 15 is 4.39 Å². The first-order valence-corrected chi connectivity index (χ1v) is 11.5. The van der Waals surface area contributed by atoms with Crippen molar-refractivity contribution in [2.24, 2.45) is 0 Å². The van der Waals surface area contributed by atoms with Crippen molar-refractivity contribution >= 4 is 40.6 Å². The average molecular weight is 493 g/mol. The van der Waals surface area contributed by atoms with E-state index in [9.17, 15) is 8.78 Å². The molecule has 4 rings (SSSR count). The zero-order chi connectivity index (χ0) is 22.8. The monoisotopic (exact) mass is 492 g/mol. The number of hydrogen-bond donors (Lipinski definition) is 1. The van der Waals surface area contributed by atoms with E-state index in [1.165, 1.54) is 29.7 Å². The minimum absolute atomic E-state index is 0.0703. The molecule has 4 nitrogen and oxygen atoms in total. The summed E-state index contributed by atoms with van der Waals surface area (Å²) in [5.74, 6) is -1.95. The van der Waals surface area contributed by atoms with Gasteiger partial charge in [-0.3, -0.25) is 0 Å². The predicted octanol–water partition coefficient (Wildman–Crippen LogP) is 7.58. The molecule has 10 heteroatoms. The first kappa shape index (κ1) is 22.6. The number of anilines is 1. The number of thiazole rings is 1. The summed E-state index contributed by atoms with van der Waals surface area (Å²) in [5, 5.41) is 0.887. The lowest BCUT2D eigenvalue weighted by atomic mass is 10.1. The van der Waals surface area contributed by atoms with Crippen molar-refractivity contribution in [3.8, 4) is 21.8 Å². The number of nitrogens with zero attached hydrogens (tertiary/aromatic N) is 3. The largest absolute Gasteiger partial charge is 0.323 e. The molecule has 4 aromatic rings. The molecule has 2 heterocycles. The van der Waals surface area contributed by atoms with Crippen LogP contribution in [0.2, 0.25) is 5.28 Å². The minimum atomic E-state index is -0.733. The molecule has 164 valence electrons. The summed E-state index contributed by atoms with van der Waals surface area (Å²) in [7, 11) is 0. The molecule has 0 aliphatic carbocycles. The molecular weight excluding hydrogens is 477 g/mol. The Labute approximate surface area is 196 Å². The van der Waals surface area contributed by atoms with Crippen molar-refractivity contribution in [3.05, 3.63) is 76.4 Å². The molecule has 0 bridgehead atoms. The molecule has 0 saturated carbocycles. The van der Waals surface area contributed by atoms with Gasteiger partial charge >= 0.3 is 0 Å². The summed E-state index contributed by atoms with van der Waals surface area (Å²) in [6.45, 7) is 3.99. The van der Waals surface area contributed by atoms with E-state index in [-0.39, 0.29) is 27.3 Å². The van der Waals surface area contributed by atoms with E-state index in [4.69, 9.17) is 11.6 Å². The molecule has 2 aromatic carbocycles. The Morgan fingerprint density at radius 1 is 1.00 bits per heavy atom. The second-order valence-electron chi connectivity index (χ2n) is 7.02. The van der Waals surface area contributed by atoms with Gasteiger partial charge in [0.2, 0.25) is 5.28 Å². The van der Waals surface area contributed by atoms with E-state index in [2.05, 4.69) is 19.7 Å². The summed E-state index contributed by atoms with van der Waals surface area (Å²) < 4.78 is 46.0. The van der Waals surface area contributed by atoms with Crippen molar-refractivity contribution in [1.82, 2.24) is 15.0 Å². The van der Waals surface area contributed by atoms with E-state index in [1.54, 1.807) is 18.2 Å². The van der Waals surface area contributed by atoms with Crippen molar-refractivity contribution in [2.75, 3.05) is 4.72 Å². The van der Waals surface area contributed by atoms with Gasteiger partial charge in [-0.2, -0.15) is 0 Å². The van der Waals surface area contributed by atoms with E-state index in [0.29, 0.717) is 28.2 Å². The van der Waals surface area contributed by atoms with Gasteiger partial charge in [0.1, 0.15) is 11.6 Å². The number of nitrogens with one attached hydrogen (secondary N) is 1. The maximum absolute atomic E-state index is 15.5. The first-order chi connectivity index (χ1) is 15.3. The molecule has 2 aromatic heterocycles. The minimum Gasteiger partial charge on any atom is -0.323 e. The predicted molar refractivity (Wildman–Crippen MR) is 123 cm³/mol. The number of rotatable bonds is 6. The number of benzene rings is 2. The molecule has 0 atom stereocenters. The van der Waals surface area contributed by atoms with E-state index in [0.717, 1.165) is 17.1 Å². The summed E-state index contributed by atoms with van der Waals surface area (Å²) >= 11 is 8.02. The fourth-order valence-electron chi connectivity index (χ4n) is 2.88. The van der Waals surface area contributed by atoms with Gasteiger partial charge in [-0.1, -0.05) is 26.0 Å². The highest BCUT2D eigenvalue weighted by atomic mass is 35.5. The fourth-order valence-corrected chi connectivity index (χ4v) is 4.78. The van der Waals surface area contributed by atoms with E-state index < -0.39 is 17.5 Å². The van der Waals surface area contributed by atoms with Gasteiger partial charge in [0.25, 0.3) is 0 Å². The molecule has 1 N–H and O–H groups in total. The lowest BCUT2D eigenvalue weighted by Crippen LogP contribution is -1.97. The fraction of sp³-hybridized carbons (Fsp3) is 0.136. The molecule has 0 saturated heterocycles. The van der Waals surface area contributed by atoms with Crippen LogP contribution in [-0.4, -0.2) is 15.0 Å². The number of halogens is 4. The summed E-state index contributed by atoms with van der Waals surface area (Å²) in [6, 6.07) is 9.96. The molecule has 0 spiro atoms. The van der Waals surface area contributed by atoms with Crippen LogP contribution in [0.15, 0.2) is 53.6 Å². The Bertz CT molecular complexity index is 1260. The first-order valence-electron chi connectivity index (χ1n) is 9.50. The van der Waals surface area contributed by atoms with Gasteiger partial charge in [-0.25, -0.2) is 28.1 Å². The van der Waals surface area contributed by atoms with Crippen LogP contribution < -0.4 is 4.72 Å². The van der Waals surface area contributed by atoms with Crippen LogP contribution in [0.5, 0.6) is 0 Å². The Balaban J connectivity index is 1.75. The van der Waals surface area contributed by atoms with Crippen LogP contribution in [0.1, 0.15) is 24.8 Å². The summed E-state index contributed by atoms with van der Waals surface area (Å²) in [5.41, 5.74) is 1.25. The normalized spacial score (nSPS) is 11.2. The van der Waals surface area contributed by atoms with Gasteiger partial charge in [0.05, 0.1) is 31.9 Å². The van der Waals surface area contributed by atoms with Crippen LogP contribution in [0, 0.1) is 17.5 Å². The zero-order valence-corrected chi connectivity index (χ0v) is 19.3. The highest BCUT2D eigenvalue weighted by molar-refractivity contribution is 8.00. The summed E-state index contributed by atoms with van der Waals surface area (Å²) in [6.07, 6.45) is 1.52. The van der Waals surface area contributed by atoms with Gasteiger partial charge < -0.3 is 4.72 Å². The molecule has 0 aliphatic rings. The molecular formula is C22H16ClF3N4S2. The molecule has 0 fully saturated rings. The Morgan fingerprint density at radius 2 is 1.72 bits per heavy atom. The Kier molecular flexibility index (Phi) is 6.68. The van der Waals surface area contributed by atoms with Gasteiger partial charge in [-0.15, -0.1) is 11.3 Å². The Hall–Kier alpha value is -2.62. The third kappa shape index (κ3) is 4.60. The highest BCUT2D eigenvalue weighted by Crippen LogP contribution is 2.41. The average Bonchev–Trinajstić information content (AvgIpc) is 3.20. The smallest absolute Gasteiger partial charge is 0.222 e. The maximum Gasteiger partial charge on any atom is 0.222 e. The lowest BCUT2D eigenvalue weighted by molar-refractivity contribution is 0.541.